The van der Waals surface area contributed by atoms with E-state index in [4.69, 9.17) is 5.73 Å². The summed E-state index contributed by atoms with van der Waals surface area (Å²) in [6, 6.07) is 15.9. The molecular weight excluding hydrogens is 378 g/mol. The average Bonchev–Trinajstić information content (AvgIpc) is 3.27. The molecule has 122 valence electrons. The quantitative estimate of drug-likeness (QED) is 0.813. The van der Waals surface area contributed by atoms with Crippen molar-refractivity contribution >= 4 is 25.8 Å². The molecule has 0 saturated heterocycles. The van der Waals surface area contributed by atoms with E-state index in [2.05, 4.69) is 15.9 Å². The SMILES string of the molecule is NC[C@@]1(CO)[C@@H](c2ccc(Br)cc2)[C@@H]1S(=O)(=O)c1ccccc1. The highest BCUT2D eigenvalue weighted by molar-refractivity contribution is 9.10. The zero-order valence-electron chi connectivity index (χ0n) is 12.4. The normalized spacial score (nSPS) is 26.9. The molecule has 2 aromatic rings. The van der Waals surface area contributed by atoms with Gasteiger partial charge in [0.15, 0.2) is 9.84 Å². The summed E-state index contributed by atoms with van der Waals surface area (Å²) in [5, 5.41) is 9.17. The van der Waals surface area contributed by atoms with E-state index in [1.54, 1.807) is 30.3 Å². The molecule has 0 unspecified atom stereocenters. The van der Waals surface area contributed by atoms with Crippen molar-refractivity contribution in [2.75, 3.05) is 13.2 Å². The lowest BCUT2D eigenvalue weighted by Gasteiger charge is -2.12. The molecule has 1 saturated carbocycles. The molecule has 4 nitrogen and oxygen atoms in total. The fourth-order valence-corrected chi connectivity index (χ4v) is 6.11. The van der Waals surface area contributed by atoms with Crippen LogP contribution in [0, 0.1) is 5.41 Å². The summed E-state index contributed by atoms with van der Waals surface area (Å²) in [7, 11) is -3.56. The van der Waals surface area contributed by atoms with Gasteiger partial charge in [0.05, 0.1) is 16.8 Å². The summed E-state index contributed by atoms with van der Waals surface area (Å²) in [5.41, 5.74) is 5.94. The molecule has 0 aromatic heterocycles. The summed E-state index contributed by atoms with van der Waals surface area (Å²) in [5.74, 6) is -0.296. The third-order valence-corrected chi connectivity index (χ3v) is 7.56. The Balaban J connectivity index is 2.05. The lowest BCUT2D eigenvalue weighted by molar-refractivity contribution is 0.212. The maximum atomic E-state index is 13.0. The first-order chi connectivity index (χ1) is 11.0. The largest absolute Gasteiger partial charge is 0.396 e. The Bertz CT molecular complexity index is 786. The van der Waals surface area contributed by atoms with E-state index in [0.29, 0.717) is 0 Å². The number of aliphatic hydroxyl groups excluding tert-OH is 1. The van der Waals surface area contributed by atoms with Crippen LogP contribution in [0.3, 0.4) is 0 Å². The topological polar surface area (TPSA) is 80.4 Å². The van der Waals surface area contributed by atoms with Gasteiger partial charge in [0.2, 0.25) is 0 Å². The highest BCUT2D eigenvalue weighted by Crippen LogP contribution is 2.63. The maximum absolute atomic E-state index is 13.0. The number of hydrogen-bond donors (Lipinski definition) is 2. The molecule has 23 heavy (non-hydrogen) atoms. The number of rotatable bonds is 5. The molecule has 0 bridgehead atoms. The van der Waals surface area contributed by atoms with Crippen LogP contribution in [-0.2, 0) is 9.84 Å². The van der Waals surface area contributed by atoms with E-state index in [1.165, 1.54) is 0 Å². The van der Waals surface area contributed by atoms with Gasteiger partial charge in [-0.1, -0.05) is 46.3 Å². The molecule has 0 amide bonds. The summed E-state index contributed by atoms with van der Waals surface area (Å²) >= 11 is 3.38. The van der Waals surface area contributed by atoms with E-state index in [0.717, 1.165) is 10.0 Å². The van der Waals surface area contributed by atoms with Crippen molar-refractivity contribution in [1.82, 2.24) is 0 Å². The molecule has 6 heteroatoms. The number of nitrogens with two attached hydrogens (primary N) is 1. The van der Waals surface area contributed by atoms with Crippen molar-refractivity contribution < 1.29 is 13.5 Å². The van der Waals surface area contributed by atoms with Gasteiger partial charge in [-0.25, -0.2) is 8.42 Å². The predicted molar refractivity (Wildman–Crippen MR) is 92.9 cm³/mol. The van der Waals surface area contributed by atoms with Crippen molar-refractivity contribution in [2.45, 2.75) is 16.1 Å². The van der Waals surface area contributed by atoms with Gasteiger partial charge in [0, 0.05) is 22.4 Å². The molecule has 1 aliphatic carbocycles. The Morgan fingerprint density at radius 2 is 1.70 bits per heavy atom. The van der Waals surface area contributed by atoms with Crippen molar-refractivity contribution in [2.24, 2.45) is 11.1 Å². The third-order valence-electron chi connectivity index (χ3n) is 4.69. The molecule has 3 rings (SSSR count). The van der Waals surface area contributed by atoms with Crippen LogP contribution in [0.2, 0.25) is 0 Å². The Morgan fingerprint density at radius 1 is 1.09 bits per heavy atom. The van der Waals surface area contributed by atoms with Gasteiger partial charge >= 0.3 is 0 Å². The first kappa shape index (κ1) is 16.6. The minimum atomic E-state index is -3.56. The molecule has 0 spiro atoms. The number of benzene rings is 2. The summed E-state index contributed by atoms with van der Waals surface area (Å²) < 4.78 is 26.9. The van der Waals surface area contributed by atoms with Crippen molar-refractivity contribution in [3.8, 4) is 0 Å². The summed E-state index contributed by atoms with van der Waals surface area (Å²) in [6.45, 7) is -0.123. The molecule has 0 heterocycles. The summed E-state index contributed by atoms with van der Waals surface area (Å²) in [6.07, 6.45) is 0. The van der Waals surface area contributed by atoms with Crippen LogP contribution in [0.25, 0.3) is 0 Å². The zero-order chi connectivity index (χ0) is 16.7. The molecule has 0 aliphatic heterocycles. The van der Waals surface area contributed by atoms with E-state index in [9.17, 15) is 13.5 Å². The van der Waals surface area contributed by atoms with E-state index >= 15 is 0 Å². The number of aliphatic hydroxyl groups is 1. The Morgan fingerprint density at radius 3 is 2.22 bits per heavy atom. The van der Waals surface area contributed by atoms with Gasteiger partial charge in [-0.05, 0) is 29.8 Å². The van der Waals surface area contributed by atoms with Crippen LogP contribution in [0.4, 0.5) is 0 Å². The van der Waals surface area contributed by atoms with Crippen LogP contribution in [0.5, 0.6) is 0 Å². The van der Waals surface area contributed by atoms with Crippen LogP contribution >= 0.6 is 15.9 Å². The van der Waals surface area contributed by atoms with E-state index in [-0.39, 0.29) is 24.0 Å². The van der Waals surface area contributed by atoms with Gasteiger partial charge in [0.1, 0.15) is 0 Å². The fourth-order valence-electron chi connectivity index (χ4n) is 3.37. The number of hydrogen-bond acceptors (Lipinski definition) is 4. The molecule has 2 aromatic carbocycles. The third kappa shape index (κ3) is 2.63. The summed E-state index contributed by atoms with van der Waals surface area (Å²) in [4.78, 5) is 0.274. The minimum Gasteiger partial charge on any atom is -0.396 e. The van der Waals surface area contributed by atoms with Crippen LogP contribution < -0.4 is 5.73 Å². The van der Waals surface area contributed by atoms with Gasteiger partial charge in [-0.2, -0.15) is 0 Å². The molecular formula is C17H18BrNO3S. The van der Waals surface area contributed by atoms with Gasteiger partial charge in [-0.3, -0.25) is 0 Å². The molecule has 3 atom stereocenters. The zero-order valence-corrected chi connectivity index (χ0v) is 14.8. The number of halogens is 1. The highest BCUT2D eigenvalue weighted by atomic mass is 79.9. The molecule has 1 aliphatic rings. The van der Waals surface area contributed by atoms with Crippen LogP contribution in [0.1, 0.15) is 11.5 Å². The van der Waals surface area contributed by atoms with Gasteiger partial charge < -0.3 is 10.8 Å². The fraction of sp³-hybridized carbons (Fsp3) is 0.294. The Kier molecular flexibility index (Phi) is 4.35. The molecule has 3 N–H and O–H groups in total. The monoisotopic (exact) mass is 395 g/mol. The minimum absolute atomic E-state index is 0.126. The van der Waals surface area contributed by atoms with Crippen LogP contribution in [-0.4, -0.2) is 31.9 Å². The standard InChI is InChI=1S/C17H18BrNO3S/c18-13-8-6-12(7-9-13)15-16(17(15,10-19)11-20)23(21,22)14-4-2-1-3-5-14/h1-9,15-16,20H,10-11,19H2/t15-,16-,17+/m0/s1. The second kappa shape index (κ2) is 6.02. The lowest BCUT2D eigenvalue weighted by Crippen LogP contribution is -2.27. The molecule has 0 radical (unpaired) electrons. The smallest absolute Gasteiger partial charge is 0.182 e. The second-order valence-corrected chi connectivity index (χ2v) is 8.89. The van der Waals surface area contributed by atoms with Gasteiger partial charge in [-0.15, -0.1) is 0 Å². The second-order valence-electron chi connectivity index (χ2n) is 5.90. The Labute approximate surface area is 144 Å². The van der Waals surface area contributed by atoms with Crippen LogP contribution in [0.15, 0.2) is 64.0 Å². The highest BCUT2D eigenvalue weighted by Gasteiger charge is 2.70. The first-order valence-electron chi connectivity index (χ1n) is 7.33. The maximum Gasteiger partial charge on any atom is 0.182 e. The van der Waals surface area contributed by atoms with E-state index in [1.807, 2.05) is 24.3 Å². The van der Waals surface area contributed by atoms with Crippen molar-refractivity contribution in [1.29, 1.82) is 0 Å². The average molecular weight is 396 g/mol. The number of sulfone groups is 1. The van der Waals surface area contributed by atoms with Gasteiger partial charge in [0.25, 0.3) is 0 Å². The van der Waals surface area contributed by atoms with Crippen molar-refractivity contribution in [3.05, 3.63) is 64.6 Å². The van der Waals surface area contributed by atoms with Crippen molar-refractivity contribution in [3.63, 3.8) is 0 Å². The van der Waals surface area contributed by atoms with E-state index < -0.39 is 20.5 Å². The first-order valence-corrected chi connectivity index (χ1v) is 9.66. The lowest BCUT2D eigenvalue weighted by atomic mass is 10.0. The molecule has 1 fully saturated rings. The Hall–Kier alpha value is -1.21. The predicted octanol–water partition coefficient (Wildman–Crippen LogP) is 2.33.